The van der Waals surface area contributed by atoms with Crippen molar-refractivity contribution in [1.29, 1.82) is 0 Å². The van der Waals surface area contributed by atoms with E-state index in [1.54, 1.807) is 0 Å². The summed E-state index contributed by atoms with van der Waals surface area (Å²) in [5, 5.41) is 6.77. The summed E-state index contributed by atoms with van der Waals surface area (Å²) in [7, 11) is 0. The second-order valence-corrected chi connectivity index (χ2v) is 7.29. The molecule has 2 fully saturated rings. The predicted molar refractivity (Wildman–Crippen MR) is 88.9 cm³/mol. The summed E-state index contributed by atoms with van der Waals surface area (Å²) in [6, 6.07) is 1.12. The Morgan fingerprint density at radius 1 is 1.12 bits per heavy atom. The van der Waals surface area contributed by atoms with Crippen LogP contribution in [-0.2, 0) is 6.18 Å². The predicted octanol–water partition coefficient (Wildman–Crippen LogP) is 4.08. The first-order valence-electron chi connectivity index (χ1n) is 9.20. The van der Waals surface area contributed by atoms with Crippen LogP contribution in [0.15, 0.2) is 12.3 Å². The van der Waals surface area contributed by atoms with E-state index in [9.17, 15) is 18.0 Å². The van der Waals surface area contributed by atoms with Gasteiger partial charge in [0.05, 0.1) is 6.20 Å². The van der Waals surface area contributed by atoms with Gasteiger partial charge in [-0.05, 0) is 31.7 Å². The average molecular weight is 366 g/mol. The Morgan fingerprint density at radius 2 is 1.81 bits per heavy atom. The van der Waals surface area contributed by atoms with Crippen molar-refractivity contribution in [1.82, 2.24) is 19.9 Å². The Morgan fingerprint density at radius 3 is 2.42 bits per heavy atom. The number of nitrogens with zero attached hydrogens (tertiary/aromatic N) is 3. The molecular formula is C18H21F3N4O. The van der Waals surface area contributed by atoms with E-state index in [1.807, 2.05) is 0 Å². The van der Waals surface area contributed by atoms with E-state index >= 15 is 0 Å². The summed E-state index contributed by atoms with van der Waals surface area (Å²) in [6.45, 7) is 0. The Balaban J connectivity index is 1.69. The SMILES string of the molecule is O=C(NC1CCCCCC1)c1cnn2c(C(F)(F)F)cc(C3CC3)nc12. The molecule has 2 heterocycles. The van der Waals surface area contributed by atoms with Crippen molar-refractivity contribution in [3.63, 3.8) is 0 Å². The van der Waals surface area contributed by atoms with Gasteiger partial charge < -0.3 is 5.32 Å². The molecule has 5 nitrogen and oxygen atoms in total. The van der Waals surface area contributed by atoms with Crippen molar-refractivity contribution < 1.29 is 18.0 Å². The fourth-order valence-corrected chi connectivity index (χ4v) is 3.62. The molecule has 0 saturated heterocycles. The quantitative estimate of drug-likeness (QED) is 0.833. The fraction of sp³-hybridized carbons (Fsp3) is 0.611. The number of hydrogen-bond acceptors (Lipinski definition) is 3. The van der Waals surface area contributed by atoms with Crippen LogP contribution >= 0.6 is 0 Å². The van der Waals surface area contributed by atoms with Gasteiger partial charge in [-0.1, -0.05) is 25.7 Å². The zero-order chi connectivity index (χ0) is 18.3. The standard InChI is InChI=1S/C18H21F3N4O/c19-18(20,21)15-9-14(11-7-8-11)24-16-13(10-22-25(15)16)17(26)23-12-5-3-1-2-4-6-12/h9-12H,1-8H2,(H,23,26). The maximum Gasteiger partial charge on any atom is 0.433 e. The molecule has 2 aromatic heterocycles. The first-order chi connectivity index (χ1) is 12.4. The lowest BCUT2D eigenvalue weighted by Crippen LogP contribution is -2.34. The molecule has 8 heteroatoms. The second kappa shape index (κ2) is 6.55. The Hall–Kier alpha value is -2.12. The van der Waals surface area contributed by atoms with E-state index in [0.717, 1.165) is 61.9 Å². The molecule has 0 bridgehead atoms. The van der Waals surface area contributed by atoms with Gasteiger partial charge >= 0.3 is 6.18 Å². The van der Waals surface area contributed by atoms with Gasteiger partial charge in [-0.15, -0.1) is 0 Å². The minimum atomic E-state index is -4.55. The number of fused-ring (bicyclic) bond motifs is 1. The van der Waals surface area contributed by atoms with Gasteiger partial charge in [0, 0.05) is 17.7 Å². The van der Waals surface area contributed by atoms with Crippen molar-refractivity contribution in [2.45, 2.75) is 69.5 Å². The van der Waals surface area contributed by atoms with E-state index in [4.69, 9.17) is 0 Å². The Kier molecular flexibility index (Phi) is 4.36. The van der Waals surface area contributed by atoms with Gasteiger partial charge in [0.2, 0.25) is 0 Å². The topological polar surface area (TPSA) is 59.3 Å². The number of aromatic nitrogens is 3. The summed E-state index contributed by atoms with van der Waals surface area (Å²) in [6.07, 6.45) is 4.54. The van der Waals surface area contributed by atoms with Crippen molar-refractivity contribution in [3.8, 4) is 0 Å². The molecular weight excluding hydrogens is 345 g/mol. The molecule has 4 rings (SSSR count). The molecule has 2 aliphatic carbocycles. The maximum atomic E-state index is 13.4. The van der Waals surface area contributed by atoms with Crippen LogP contribution in [-0.4, -0.2) is 26.5 Å². The summed E-state index contributed by atoms with van der Waals surface area (Å²) in [4.78, 5) is 17.0. The Labute approximate surface area is 149 Å². The number of rotatable bonds is 3. The van der Waals surface area contributed by atoms with E-state index in [2.05, 4.69) is 15.4 Å². The normalized spacial score (nSPS) is 19.5. The number of hydrogen-bond donors (Lipinski definition) is 1. The fourth-order valence-electron chi connectivity index (χ4n) is 3.62. The van der Waals surface area contributed by atoms with Crippen LogP contribution in [0, 0.1) is 0 Å². The molecule has 140 valence electrons. The average Bonchev–Trinajstić information content (AvgIpc) is 3.38. The monoisotopic (exact) mass is 366 g/mol. The van der Waals surface area contributed by atoms with Crippen LogP contribution in [0.4, 0.5) is 13.2 Å². The van der Waals surface area contributed by atoms with Gasteiger partial charge in [0.1, 0.15) is 11.3 Å². The van der Waals surface area contributed by atoms with Gasteiger partial charge in [0.25, 0.3) is 5.91 Å². The number of carbonyl (C=O) groups excluding carboxylic acids is 1. The highest BCUT2D eigenvalue weighted by atomic mass is 19.4. The maximum absolute atomic E-state index is 13.4. The molecule has 2 aliphatic rings. The van der Waals surface area contributed by atoms with Crippen LogP contribution in [0.25, 0.3) is 5.65 Å². The highest BCUT2D eigenvalue weighted by Gasteiger charge is 2.38. The number of amides is 1. The van der Waals surface area contributed by atoms with Crippen LogP contribution in [0.5, 0.6) is 0 Å². The third kappa shape index (κ3) is 3.41. The van der Waals surface area contributed by atoms with Crippen molar-refractivity contribution >= 4 is 11.6 Å². The van der Waals surface area contributed by atoms with Crippen LogP contribution in [0.2, 0.25) is 0 Å². The number of alkyl halides is 3. The summed E-state index contributed by atoms with van der Waals surface area (Å²) < 4.78 is 41.0. The van der Waals surface area contributed by atoms with Gasteiger partial charge in [-0.3, -0.25) is 4.79 Å². The lowest BCUT2D eigenvalue weighted by Gasteiger charge is -2.16. The highest BCUT2D eigenvalue weighted by molar-refractivity contribution is 5.99. The van der Waals surface area contributed by atoms with Crippen molar-refractivity contribution in [2.75, 3.05) is 0 Å². The number of nitrogens with one attached hydrogen (secondary N) is 1. The van der Waals surface area contributed by atoms with Crippen molar-refractivity contribution in [3.05, 3.63) is 29.2 Å². The molecule has 0 atom stereocenters. The van der Waals surface area contributed by atoms with Gasteiger partial charge in [-0.2, -0.15) is 18.3 Å². The smallest absolute Gasteiger partial charge is 0.349 e. The largest absolute Gasteiger partial charge is 0.433 e. The zero-order valence-electron chi connectivity index (χ0n) is 14.4. The lowest BCUT2D eigenvalue weighted by molar-refractivity contribution is -0.142. The molecule has 0 spiro atoms. The van der Waals surface area contributed by atoms with Crippen molar-refractivity contribution in [2.24, 2.45) is 0 Å². The third-order valence-corrected chi connectivity index (χ3v) is 5.21. The van der Waals surface area contributed by atoms with Gasteiger partial charge in [0.15, 0.2) is 5.65 Å². The number of halogens is 3. The molecule has 1 amide bonds. The lowest BCUT2D eigenvalue weighted by atomic mass is 10.1. The van der Waals surface area contributed by atoms with Gasteiger partial charge in [-0.25, -0.2) is 9.50 Å². The summed E-state index contributed by atoms with van der Waals surface area (Å²) >= 11 is 0. The minimum absolute atomic E-state index is 0.00662. The molecule has 0 radical (unpaired) electrons. The molecule has 0 unspecified atom stereocenters. The zero-order valence-corrected chi connectivity index (χ0v) is 14.4. The van der Waals surface area contributed by atoms with E-state index in [-0.39, 0.29) is 29.1 Å². The molecule has 0 aromatic carbocycles. The molecule has 2 saturated carbocycles. The Bertz CT molecular complexity index is 818. The van der Waals surface area contributed by atoms with E-state index in [1.165, 1.54) is 6.20 Å². The van der Waals surface area contributed by atoms with E-state index < -0.39 is 11.9 Å². The highest BCUT2D eigenvalue weighted by Crippen LogP contribution is 2.41. The molecule has 2 aromatic rings. The summed E-state index contributed by atoms with van der Waals surface area (Å²) in [5.41, 5.74) is -0.373. The number of carbonyl (C=O) groups is 1. The third-order valence-electron chi connectivity index (χ3n) is 5.21. The second-order valence-electron chi connectivity index (χ2n) is 7.29. The molecule has 26 heavy (non-hydrogen) atoms. The minimum Gasteiger partial charge on any atom is -0.349 e. The van der Waals surface area contributed by atoms with Crippen LogP contribution in [0.1, 0.15) is 79.0 Å². The molecule has 1 N–H and O–H groups in total. The molecule has 0 aliphatic heterocycles. The first-order valence-corrected chi connectivity index (χ1v) is 9.20. The van der Waals surface area contributed by atoms with Crippen LogP contribution in [0.3, 0.4) is 0 Å². The first kappa shape index (κ1) is 17.3. The summed E-state index contributed by atoms with van der Waals surface area (Å²) in [5.74, 6) is -0.339. The van der Waals surface area contributed by atoms with E-state index in [0.29, 0.717) is 5.69 Å². The van der Waals surface area contributed by atoms with Crippen LogP contribution < -0.4 is 5.32 Å².